The molecule has 0 amide bonds. The minimum atomic E-state index is 0.467. The van der Waals surface area contributed by atoms with Crippen molar-refractivity contribution in [1.29, 1.82) is 0 Å². The van der Waals surface area contributed by atoms with E-state index in [1.807, 2.05) is 0 Å². The van der Waals surface area contributed by atoms with Gasteiger partial charge in [0.1, 0.15) is 5.82 Å². The molecule has 0 saturated carbocycles. The maximum atomic E-state index is 5.62. The van der Waals surface area contributed by atoms with Crippen molar-refractivity contribution in [2.75, 3.05) is 5.75 Å². The molecule has 0 aromatic carbocycles. The standard InChI is InChI=1S/C10H20N4S/c1-4-5-14-9(6-11)12-13-10(14)15-7-8(2)3/h8H,4-7,11H2,1-3H3. The van der Waals surface area contributed by atoms with Crippen LogP contribution in [0.4, 0.5) is 0 Å². The van der Waals surface area contributed by atoms with E-state index in [0.29, 0.717) is 12.5 Å². The number of hydrogen-bond acceptors (Lipinski definition) is 4. The average molecular weight is 228 g/mol. The lowest BCUT2D eigenvalue weighted by Gasteiger charge is -2.08. The Bertz CT molecular complexity index is 296. The molecule has 2 N–H and O–H groups in total. The molecular formula is C10H20N4S. The Morgan fingerprint density at radius 2 is 2.13 bits per heavy atom. The molecule has 0 spiro atoms. The molecule has 0 saturated heterocycles. The summed E-state index contributed by atoms with van der Waals surface area (Å²) in [5.41, 5.74) is 5.62. The third-order valence-corrected chi connectivity index (χ3v) is 3.36. The predicted molar refractivity (Wildman–Crippen MR) is 63.8 cm³/mol. The summed E-state index contributed by atoms with van der Waals surface area (Å²) in [6.45, 7) is 7.99. The van der Waals surface area contributed by atoms with Gasteiger partial charge in [0.05, 0.1) is 6.54 Å². The van der Waals surface area contributed by atoms with Gasteiger partial charge in [-0.15, -0.1) is 10.2 Å². The molecule has 1 rings (SSSR count). The Kier molecular flexibility index (Phi) is 5.11. The van der Waals surface area contributed by atoms with Crippen molar-refractivity contribution in [3.05, 3.63) is 5.82 Å². The molecule has 5 heteroatoms. The Morgan fingerprint density at radius 1 is 1.40 bits per heavy atom. The van der Waals surface area contributed by atoms with Crippen molar-refractivity contribution in [1.82, 2.24) is 14.8 Å². The minimum absolute atomic E-state index is 0.467. The van der Waals surface area contributed by atoms with E-state index < -0.39 is 0 Å². The maximum absolute atomic E-state index is 5.62. The molecule has 0 aliphatic rings. The Labute approximate surface area is 95.6 Å². The zero-order valence-corrected chi connectivity index (χ0v) is 10.5. The van der Waals surface area contributed by atoms with Gasteiger partial charge in [-0.2, -0.15) is 0 Å². The predicted octanol–water partition coefficient (Wildman–Crippen LogP) is 1.89. The summed E-state index contributed by atoms with van der Waals surface area (Å²) < 4.78 is 2.13. The molecule has 0 atom stereocenters. The van der Waals surface area contributed by atoms with E-state index in [-0.39, 0.29) is 0 Å². The molecule has 1 heterocycles. The van der Waals surface area contributed by atoms with E-state index in [0.717, 1.165) is 29.7 Å². The van der Waals surface area contributed by atoms with Gasteiger partial charge in [-0.1, -0.05) is 32.5 Å². The second-order valence-electron chi connectivity index (χ2n) is 3.96. The van der Waals surface area contributed by atoms with Crippen LogP contribution in [-0.2, 0) is 13.1 Å². The second kappa shape index (κ2) is 6.12. The highest BCUT2D eigenvalue weighted by Crippen LogP contribution is 2.19. The van der Waals surface area contributed by atoms with E-state index in [1.165, 1.54) is 0 Å². The van der Waals surface area contributed by atoms with E-state index in [2.05, 4.69) is 35.5 Å². The summed E-state index contributed by atoms with van der Waals surface area (Å²) in [6.07, 6.45) is 1.08. The molecule has 0 aliphatic heterocycles. The van der Waals surface area contributed by atoms with Gasteiger partial charge in [0.15, 0.2) is 5.16 Å². The second-order valence-corrected chi connectivity index (χ2v) is 4.95. The van der Waals surface area contributed by atoms with E-state index in [4.69, 9.17) is 5.73 Å². The lowest BCUT2D eigenvalue weighted by molar-refractivity contribution is 0.591. The van der Waals surface area contributed by atoms with Crippen molar-refractivity contribution in [2.45, 2.75) is 45.4 Å². The van der Waals surface area contributed by atoms with Crippen LogP contribution in [0.25, 0.3) is 0 Å². The van der Waals surface area contributed by atoms with Crippen molar-refractivity contribution in [3.8, 4) is 0 Å². The summed E-state index contributed by atoms with van der Waals surface area (Å²) in [7, 11) is 0. The van der Waals surface area contributed by atoms with E-state index in [1.54, 1.807) is 11.8 Å². The van der Waals surface area contributed by atoms with E-state index >= 15 is 0 Å². The smallest absolute Gasteiger partial charge is 0.191 e. The minimum Gasteiger partial charge on any atom is -0.324 e. The molecule has 0 bridgehead atoms. The van der Waals surface area contributed by atoms with Crippen molar-refractivity contribution in [3.63, 3.8) is 0 Å². The first-order valence-corrected chi connectivity index (χ1v) is 6.42. The molecule has 1 aromatic heterocycles. The Morgan fingerprint density at radius 3 is 2.67 bits per heavy atom. The van der Waals surface area contributed by atoms with Gasteiger partial charge in [-0.25, -0.2) is 0 Å². The number of rotatable bonds is 6. The largest absolute Gasteiger partial charge is 0.324 e. The molecule has 0 aliphatic carbocycles. The maximum Gasteiger partial charge on any atom is 0.191 e. The third kappa shape index (κ3) is 3.50. The van der Waals surface area contributed by atoms with Gasteiger partial charge in [0, 0.05) is 12.3 Å². The highest BCUT2D eigenvalue weighted by Gasteiger charge is 2.10. The topological polar surface area (TPSA) is 56.7 Å². The number of hydrogen-bond donors (Lipinski definition) is 1. The van der Waals surface area contributed by atoms with Crippen molar-refractivity contribution in [2.24, 2.45) is 11.7 Å². The summed E-state index contributed by atoms with van der Waals surface area (Å²) in [5, 5.41) is 9.28. The SMILES string of the molecule is CCCn1c(CN)nnc1SCC(C)C. The van der Waals surface area contributed by atoms with Crippen LogP contribution in [0, 0.1) is 5.92 Å². The van der Waals surface area contributed by atoms with Crippen LogP contribution in [0.5, 0.6) is 0 Å². The van der Waals surface area contributed by atoms with Crippen LogP contribution in [0.3, 0.4) is 0 Å². The molecule has 0 fully saturated rings. The van der Waals surface area contributed by atoms with Crippen LogP contribution in [0.2, 0.25) is 0 Å². The Hall–Kier alpha value is -0.550. The monoisotopic (exact) mass is 228 g/mol. The molecule has 86 valence electrons. The molecule has 1 aromatic rings. The Balaban J connectivity index is 2.72. The van der Waals surface area contributed by atoms with Crippen LogP contribution < -0.4 is 5.73 Å². The normalized spacial score (nSPS) is 11.3. The van der Waals surface area contributed by atoms with Crippen LogP contribution in [-0.4, -0.2) is 20.5 Å². The summed E-state index contributed by atoms with van der Waals surface area (Å²) in [5.74, 6) is 2.64. The van der Waals surface area contributed by atoms with Crippen LogP contribution >= 0.6 is 11.8 Å². The van der Waals surface area contributed by atoms with Gasteiger partial charge < -0.3 is 10.3 Å². The van der Waals surface area contributed by atoms with Crippen molar-refractivity contribution >= 4 is 11.8 Å². The highest BCUT2D eigenvalue weighted by molar-refractivity contribution is 7.99. The molecule has 15 heavy (non-hydrogen) atoms. The fraction of sp³-hybridized carbons (Fsp3) is 0.800. The number of aromatic nitrogens is 3. The van der Waals surface area contributed by atoms with Crippen LogP contribution in [0.1, 0.15) is 33.0 Å². The van der Waals surface area contributed by atoms with Crippen LogP contribution in [0.15, 0.2) is 5.16 Å². The first kappa shape index (κ1) is 12.5. The summed E-state index contributed by atoms with van der Waals surface area (Å²) in [4.78, 5) is 0. The van der Waals surface area contributed by atoms with Crippen molar-refractivity contribution < 1.29 is 0 Å². The summed E-state index contributed by atoms with van der Waals surface area (Å²) in [6, 6.07) is 0. The molecule has 4 nitrogen and oxygen atoms in total. The number of thioether (sulfide) groups is 1. The molecule has 0 radical (unpaired) electrons. The number of nitrogens with zero attached hydrogens (tertiary/aromatic N) is 3. The van der Waals surface area contributed by atoms with Gasteiger partial charge in [-0.05, 0) is 12.3 Å². The molecular weight excluding hydrogens is 208 g/mol. The third-order valence-electron chi connectivity index (χ3n) is 1.97. The average Bonchev–Trinajstić information content (AvgIpc) is 2.58. The first-order valence-electron chi connectivity index (χ1n) is 5.44. The van der Waals surface area contributed by atoms with Gasteiger partial charge >= 0.3 is 0 Å². The molecule has 0 unspecified atom stereocenters. The highest BCUT2D eigenvalue weighted by atomic mass is 32.2. The fourth-order valence-electron chi connectivity index (χ4n) is 1.27. The van der Waals surface area contributed by atoms with Gasteiger partial charge in [-0.3, -0.25) is 0 Å². The lowest BCUT2D eigenvalue weighted by Crippen LogP contribution is -2.09. The zero-order chi connectivity index (χ0) is 11.3. The first-order chi connectivity index (χ1) is 7.19. The van der Waals surface area contributed by atoms with Gasteiger partial charge in [0.2, 0.25) is 0 Å². The summed E-state index contributed by atoms with van der Waals surface area (Å²) >= 11 is 1.77. The number of nitrogens with two attached hydrogens (primary N) is 1. The fourth-order valence-corrected chi connectivity index (χ4v) is 2.20. The van der Waals surface area contributed by atoms with Gasteiger partial charge in [0.25, 0.3) is 0 Å². The lowest BCUT2D eigenvalue weighted by atomic mass is 10.3. The van der Waals surface area contributed by atoms with E-state index in [9.17, 15) is 0 Å². The quantitative estimate of drug-likeness (QED) is 0.755. The zero-order valence-electron chi connectivity index (χ0n) is 9.73.